The summed E-state index contributed by atoms with van der Waals surface area (Å²) in [4.78, 5) is 26.2. The summed E-state index contributed by atoms with van der Waals surface area (Å²) in [6.07, 6.45) is 2.96. The highest BCUT2D eigenvalue weighted by Crippen LogP contribution is 2.29. The molecule has 23 heavy (non-hydrogen) atoms. The number of nitrogens with zero attached hydrogens (tertiary/aromatic N) is 1. The summed E-state index contributed by atoms with van der Waals surface area (Å²) < 4.78 is 4.91. The summed E-state index contributed by atoms with van der Waals surface area (Å²) >= 11 is 0. The van der Waals surface area contributed by atoms with Crippen LogP contribution in [-0.2, 0) is 22.5 Å². The van der Waals surface area contributed by atoms with Gasteiger partial charge in [0.05, 0.1) is 6.61 Å². The molecule has 1 aromatic carbocycles. The third-order valence-corrected chi connectivity index (χ3v) is 4.82. The highest BCUT2D eigenvalue weighted by atomic mass is 16.5. The Morgan fingerprint density at radius 1 is 1.26 bits per heavy atom. The summed E-state index contributed by atoms with van der Waals surface area (Å²) in [5.41, 5.74) is 2.61. The molecule has 2 aliphatic rings. The SMILES string of the molecule is CCOC(=O)N[C@H]1CC[C@@H](C(=O)N2CCc3ccccc3C2)C1. The van der Waals surface area contributed by atoms with Gasteiger partial charge in [-0.3, -0.25) is 4.79 Å². The maximum absolute atomic E-state index is 12.7. The van der Waals surface area contributed by atoms with Crippen molar-refractivity contribution in [1.29, 1.82) is 0 Å². The Hall–Kier alpha value is -2.04. The van der Waals surface area contributed by atoms with Crippen LogP contribution in [0.5, 0.6) is 0 Å². The Labute approximate surface area is 137 Å². The molecule has 1 fully saturated rings. The fourth-order valence-corrected chi connectivity index (χ4v) is 3.62. The fraction of sp³-hybridized carbons (Fsp3) is 0.556. The number of alkyl carbamates (subject to hydrolysis) is 1. The number of hydrogen-bond donors (Lipinski definition) is 1. The number of nitrogens with one attached hydrogen (secondary N) is 1. The lowest BCUT2D eigenvalue weighted by atomic mass is 9.98. The standard InChI is InChI=1S/C18H24N2O3/c1-2-23-18(22)19-16-8-7-14(11-16)17(21)20-10-9-13-5-3-4-6-15(13)12-20/h3-6,14,16H,2,7-12H2,1H3,(H,19,22)/t14-,16+/m1/s1. The van der Waals surface area contributed by atoms with E-state index in [9.17, 15) is 9.59 Å². The van der Waals surface area contributed by atoms with Crippen LogP contribution in [0.1, 0.15) is 37.3 Å². The van der Waals surface area contributed by atoms with Crippen LogP contribution < -0.4 is 5.32 Å². The van der Waals surface area contributed by atoms with Crippen molar-refractivity contribution in [1.82, 2.24) is 10.2 Å². The summed E-state index contributed by atoms with van der Waals surface area (Å²) in [7, 11) is 0. The summed E-state index contributed by atoms with van der Waals surface area (Å²) in [5.74, 6) is 0.250. The zero-order valence-electron chi connectivity index (χ0n) is 13.6. The van der Waals surface area contributed by atoms with E-state index in [2.05, 4.69) is 23.5 Å². The van der Waals surface area contributed by atoms with Crippen molar-refractivity contribution in [2.75, 3.05) is 13.2 Å². The van der Waals surface area contributed by atoms with Crippen LogP contribution in [0.4, 0.5) is 4.79 Å². The van der Waals surface area contributed by atoms with E-state index in [4.69, 9.17) is 4.74 Å². The molecule has 2 atom stereocenters. The van der Waals surface area contributed by atoms with E-state index in [0.29, 0.717) is 13.2 Å². The second-order valence-electron chi connectivity index (χ2n) is 6.35. The predicted molar refractivity (Wildman–Crippen MR) is 86.8 cm³/mol. The van der Waals surface area contributed by atoms with Crippen LogP contribution >= 0.6 is 0 Å². The van der Waals surface area contributed by atoms with Crippen molar-refractivity contribution in [2.24, 2.45) is 5.92 Å². The molecule has 0 unspecified atom stereocenters. The highest BCUT2D eigenvalue weighted by Gasteiger charge is 2.34. The molecule has 1 heterocycles. The first-order chi connectivity index (χ1) is 11.2. The summed E-state index contributed by atoms with van der Waals surface area (Å²) in [6, 6.07) is 8.39. The molecule has 0 saturated heterocycles. The number of hydrogen-bond acceptors (Lipinski definition) is 3. The third-order valence-electron chi connectivity index (χ3n) is 4.82. The second kappa shape index (κ2) is 7.02. The predicted octanol–water partition coefficient (Wildman–Crippen LogP) is 2.49. The molecule has 1 aliphatic carbocycles. The number of benzene rings is 1. The molecule has 2 amide bonds. The van der Waals surface area contributed by atoms with Crippen molar-refractivity contribution >= 4 is 12.0 Å². The van der Waals surface area contributed by atoms with Crippen LogP contribution in [0.3, 0.4) is 0 Å². The first kappa shape index (κ1) is 15.8. The minimum atomic E-state index is -0.377. The van der Waals surface area contributed by atoms with Crippen LogP contribution in [-0.4, -0.2) is 36.1 Å². The summed E-state index contributed by atoms with van der Waals surface area (Å²) in [5, 5.41) is 2.85. The molecule has 124 valence electrons. The Kier molecular flexibility index (Phi) is 4.84. The van der Waals surface area contributed by atoms with Gasteiger partial charge >= 0.3 is 6.09 Å². The first-order valence-electron chi connectivity index (χ1n) is 8.46. The lowest BCUT2D eigenvalue weighted by Gasteiger charge is -2.31. The topological polar surface area (TPSA) is 58.6 Å². The average molecular weight is 316 g/mol. The molecule has 1 aromatic rings. The maximum atomic E-state index is 12.7. The van der Waals surface area contributed by atoms with E-state index in [1.165, 1.54) is 11.1 Å². The molecule has 0 radical (unpaired) electrons. The van der Waals surface area contributed by atoms with Gasteiger partial charge in [-0.05, 0) is 43.7 Å². The lowest BCUT2D eigenvalue weighted by Crippen LogP contribution is -2.40. The molecule has 0 aromatic heterocycles. The zero-order valence-corrected chi connectivity index (χ0v) is 13.6. The Morgan fingerprint density at radius 3 is 2.83 bits per heavy atom. The number of carbonyl (C=O) groups excluding carboxylic acids is 2. The maximum Gasteiger partial charge on any atom is 0.407 e. The normalized spacial score (nSPS) is 23.3. The molecular formula is C18H24N2O3. The smallest absolute Gasteiger partial charge is 0.407 e. The van der Waals surface area contributed by atoms with Crippen LogP contribution in [0, 0.1) is 5.92 Å². The van der Waals surface area contributed by atoms with Gasteiger partial charge in [0, 0.05) is 25.0 Å². The zero-order chi connectivity index (χ0) is 16.2. The van der Waals surface area contributed by atoms with Crippen LogP contribution in [0.25, 0.3) is 0 Å². The fourth-order valence-electron chi connectivity index (χ4n) is 3.62. The molecule has 1 N–H and O–H groups in total. The summed E-state index contributed by atoms with van der Waals surface area (Å²) in [6.45, 7) is 3.66. The second-order valence-corrected chi connectivity index (χ2v) is 6.35. The van der Waals surface area contributed by atoms with Gasteiger partial charge in [-0.25, -0.2) is 4.79 Å². The molecule has 1 saturated carbocycles. The minimum Gasteiger partial charge on any atom is -0.450 e. The molecule has 3 rings (SSSR count). The number of carbonyl (C=O) groups is 2. The minimum absolute atomic E-state index is 0.0205. The van der Waals surface area contributed by atoms with Crippen LogP contribution in [0.15, 0.2) is 24.3 Å². The molecular weight excluding hydrogens is 292 g/mol. The Bertz CT molecular complexity index is 587. The molecule has 5 heteroatoms. The largest absolute Gasteiger partial charge is 0.450 e. The third kappa shape index (κ3) is 3.66. The Morgan fingerprint density at radius 2 is 2.04 bits per heavy atom. The van der Waals surface area contributed by atoms with Gasteiger partial charge in [0.25, 0.3) is 0 Å². The van der Waals surface area contributed by atoms with Gasteiger partial charge in [0.15, 0.2) is 0 Å². The van der Waals surface area contributed by atoms with Crippen molar-refractivity contribution in [3.8, 4) is 0 Å². The van der Waals surface area contributed by atoms with Gasteiger partial charge in [-0.2, -0.15) is 0 Å². The van der Waals surface area contributed by atoms with Gasteiger partial charge in [-0.15, -0.1) is 0 Å². The van der Waals surface area contributed by atoms with Crippen molar-refractivity contribution in [3.05, 3.63) is 35.4 Å². The van der Waals surface area contributed by atoms with E-state index in [0.717, 1.165) is 32.2 Å². The van der Waals surface area contributed by atoms with E-state index >= 15 is 0 Å². The molecule has 0 bridgehead atoms. The van der Waals surface area contributed by atoms with Gasteiger partial charge in [0.1, 0.15) is 0 Å². The van der Waals surface area contributed by atoms with E-state index in [1.54, 1.807) is 6.92 Å². The van der Waals surface area contributed by atoms with Crippen molar-refractivity contribution < 1.29 is 14.3 Å². The molecule has 1 aliphatic heterocycles. The number of fused-ring (bicyclic) bond motifs is 1. The number of ether oxygens (including phenoxy) is 1. The highest BCUT2D eigenvalue weighted by molar-refractivity contribution is 5.79. The average Bonchev–Trinajstić information content (AvgIpc) is 3.02. The Balaban J connectivity index is 1.55. The molecule has 5 nitrogen and oxygen atoms in total. The lowest BCUT2D eigenvalue weighted by molar-refractivity contribution is -0.136. The van der Waals surface area contributed by atoms with Gasteiger partial charge < -0.3 is 15.0 Å². The van der Waals surface area contributed by atoms with Gasteiger partial charge in [0.2, 0.25) is 5.91 Å². The van der Waals surface area contributed by atoms with E-state index in [1.807, 2.05) is 11.0 Å². The van der Waals surface area contributed by atoms with Crippen molar-refractivity contribution in [2.45, 2.75) is 45.2 Å². The van der Waals surface area contributed by atoms with E-state index < -0.39 is 0 Å². The van der Waals surface area contributed by atoms with E-state index in [-0.39, 0.29) is 24.0 Å². The number of rotatable bonds is 3. The quantitative estimate of drug-likeness (QED) is 0.932. The van der Waals surface area contributed by atoms with Gasteiger partial charge in [-0.1, -0.05) is 24.3 Å². The first-order valence-corrected chi connectivity index (χ1v) is 8.46. The number of amides is 2. The monoisotopic (exact) mass is 316 g/mol. The van der Waals surface area contributed by atoms with Crippen molar-refractivity contribution in [3.63, 3.8) is 0 Å². The van der Waals surface area contributed by atoms with Crippen LogP contribution in [0.2, 0.25) is 0 Å². The molecule has 0 spiro atoms.